The summed E-state index contributed by atoms with van der Waals surface area (Å²) >= 11 is 0. The monoisotopic (exact) mass is 141 g/mol. The summed E-state index contributed by atoms with van der Waals surface area (Å²) in [6.07, 6.45) is 3.56. The molecule has 0 saturated carbocycles. The van der Waals surface area contributed by atoms with Gasteiger partial charge in [0.1, 0.15) is 6.29 Å². The third-order valence-electron chi connectivity index (χ3n) is 0.939. The number of hydrogen-bond donors (Lipinski definition) is 0. The Morgan fingerprint density at radius 2 is 2.30 bits per heavy atom. The van der Waals surface area contributed by atoms with Crippen molar-refractivity contribution in [1.29, 1.82) is 0 Å². The molecule has 1 atom stereocenters. The maximum Gasteiger partial charge on any atom is 0.126 e. The van der Waals surface area contributed by atoms with Crippen LogP contribution in [0, 0.1) is 5.92 Å². The minimum Gasteiger partial charge on any atom is -0.550 e. The second-order valence-corrected chi connectivity index (χ2v) is 2.00. The fourth-order valence-electron chi connectivity index (χ4n) is 0.424. The lowest BCUT2D eigenvalue weighted by Gasteiger charge is -1.94. The number of carboxylic acids is 1. The van der Waals surface area contributed by atoms with Crippen molar-refractivity contribution >= 4 is 12.3 Å². The highest BCUT2D eigenvalue weighted by Crippen LogP contribution is 1.92. The zero-order valence-electron chi connectivity index (χ0n) is 5.74. The molecule has 0 N–H and O–H groups in total. The van der Waals surface area contributed by atoms with E-state index in [2.05, 4.69) is 0 Å². The van der Waals surface area contributed by atoms with Gasteiger partial charge in [-0.2, -0.15) is 0 Å². The molecule has 10 heavy (non-hydrogen) atoms. The third kappa shape index (κ3) is 5.03. The molecule has 0 aromatic heterocycles. The van der Waals surface area contributed by atoms with Crippen LogP contribution in [0.25, 0.3) is 0 Å². The molecule has 0 heterocycles. The average Bonchev–Trinajstić information content (AvgIpc) is 1.87. The van der Waals surface area contributed by atoms with Crippen molar-refractivity contribution < 1.29 is 14.7 Å². The smallest absolute Gasteiger partial charge is 0.126 e. The van der Waals surface area contributed by atoms with Crippen LogP contribution in [0.2, 0.25) is 0 Å². The molecule has 0 aromatic carbocycles. The minimum atomic E-state index is -1.13. The number of carbonyl (C=O) groups is 2. The first-order valence-corrected chi connectivity index (χ1v) is 2.98. The first kappa shape index (κ1) is 8.88. The number of carbonyl (C=O) groups excluding carboxylic acids is 2. The highest BCUT2D eigenvalue weighted by atomic mass is 16.4. The largest absolute Gasteiger partial charge is 0.550 e. The van der Waals surface area contributed by atoms with Gasteiger partial charge in [-0.1, -0.05) is 19.1 Å². The summed E-state index contributed by atoms with van der Waals surface area (Å²) in [7, 11) is 0. The predicted molar refractivity (Wildman–Crippen MR) is 34.0 cm³/mol. The number of rotatable bonds is 4. The van der Waals surface area contributed by atoms with Gasteiger partial charge in [-0.05, 0) is 0 Å². The van der Waals surface area contributed by atoms with E-state index in [1.54, 1.807) is 6.92 Å². The molecule has 3 nitrogen and oxygen atoms in total. The van der Waals surface area contributed by atoms with Gasteiger partial charge in [-0.25, -0.2) is 0 Å². The van der Waals surface area contributed by atoms with Crippen molar-refractivity contribution in [1.82, 2.24) is 0 Å². The number of aliphatic carboxylic acids is 1. The summed E-state index contributed by atoms with van der Waals surface area (Å²) < 4.78 is 0. The fourth-order valence-corrected chi connectivity index (χ4v) is 0.424. The summed E-state index contributed by atoms with van der Waals surface area (Å²) in [5, 5.41) is 9.82. The Bertz CT molecular complexity index is 149. The van der Waals surface area contributed by atoms with Gasteiger partial charge >= 0.3 is 0 Å². The molecule has 1 unspecified atom stereocenters. The fraction of sp³-hybridized carbons (Fsp3) is 0.429. The molecule has 0 rings (SSSR count). The lowest BCUT2D eigenvalue weighted by atomic mass is 10.2. The highest BCUT2D eigenvalue weighted by molar-refractivity contribution is 5.66. The van der Waals surface area contributed by atoms with Crippen LogP contribution in [0.4, 0.5) is 0 Å². The number of carboxylic acid groups (broad SMARTS) is 1. The Balaban J connectivity index is 3.55. The van der Waals surface area contributed by atoms with Gasteiger partial charge in [0.2, 0.25) is 0 Å². The summed E-state index contributed by atoms with van der Waals surface area (Å²) in [5.74, 6) is -1.34. The third-order valence-corrected chi connectivity index (χ3v) is 0.939. The van der Waals surface area contributed by atoms with E-state index in [1.807, 2.05) is 0 Å². The number of hydrogen-bond acceptors (Lipinski definition) is 3. The first-order valence-electron chi connectivity index (χ1n) is 2.98. The van der Waals surface area contributed by atoms with E-state index >= 15 is 0 Å². The molecule has 0 saturated heterocycles. The van der Waals surface area contributed by atoms with Crippen molar-refractivity contribution in [3.63, 3.8) is 0 Å². The molecule has 56 valence electrons. The second kappa shape index (κ2) is 4.73. The summed E-state index contributed by atoms with van der Waals surface area (Å²) in [6, 6.07) is 0. The van der Waals surface area contributed by atoms with Crippen LogP contribution < -0.4 is 5.11 Å². The van der Waals surface area contributed by atoms with Gasteiger partial charge in [0.15, 0.2) is 0 Å². The van der Waals surface area contributed by atoms with E-state index in [0.717, 1.165) is 6.29 Å². The van der Waals surface area contributed by atoms with Gasteiger partial charge in [0.05, 0.1) is 0 Å². The Hall–Kier alpha value is -1.12. The van der Waals surface area contributed by atoms with Crippen LogP contribution in [0.15, 0.2) is 12.2 Å². The second-order valence-electron chi connectivity index (χ2n) is 2.00. The van der Waals surface area contributed by atoms with Crippen molar-refractivity contribution in [2.75, 3.05) is 0 Å². The van der Waals surface area contributed by atoms with Crippen molar-refractivity contribution in [2.24, 2.45) is 5.92 Å². The van der Waals surface area contributed by atoms with Gasteiger partial charge in [-0.3, -0.25) is 0 Å². The van der Waals surface area contributed by atoms with Gasteiger partial charge in [-0.15, -0.1) is 0 Å². The van der Waals surface area contributed by atoms with Gasteiger partial charge in [0.25, 0.3) is 0 Å². The van der Waals surface area contributed by atoms with Crippen LogP contribution in [-0.2, 0) is 9.59 Å². The summed E-state index contributed by atoms with van der Waals surface area (Å²) in [4.78, 5) is 19.8. The van der Waals surface area contributed by atoms with Crippen molar-refractivity contribution in [3.8, 4) is 0 Å². The minimum absolute atomic E-state index is 0.127. The van der Waals surface area contributed by atoms with E-state index < -0.39 is 5.97 Å². The zero-order valence-corrected chi connectivity index (χ0v) is 5.74. The molecule has 0 aliphatic heterocycles. The van der Waals surface area contributed by atoms with Crippen LogP contribution in [-0.4, -0.2) is 12.3 Å². The van der Waals surface area contributed by atoms with E-state index in [1.165, 1.54) is 12.2 Å². The highest BCUT2D eigenvalue weighted by Gasteiger charge is 1.89. The zero-order chi connectivity index (χ0) is 7.98. The molecule has 0 spiro atoms. The molecule has 0 aliphatic carbocycles. The van der Waals surface area contributed by atoms with Gasteiger partial charge < -0.3 is 14.7 Å². The molecule has 0 amide bonds. The summed E-state index contributed by atoms with van der Waals surface area (Å²) in [5.41, 5.74) is 0. The Morgan fingerprint density at radius 1 is 1.70 bits per heavy atom. The van der Waals surface area contributed by atoms with Crippen LogP contribution in [0.5, 0.6) is 0 Å². The van der Waals surface area contributed by atoms with E-state index in [0.29, 0.717) is 0 Å². The predicted octanol–water partition coefficient (Wildman–Crippen LogP) is -0.482. The standard InChI is InChI=1S/C7H10O3/c1-6(5-8)3-2-4-7(9)10/h2-3,5-6H,4H2,1H3,(H,9,10)/p-1/b3-2+. The van der Waals surface area contributed by atoms with Crippen LogP contribution >= 0.6 is 0 Å². The molecule has 0 bridgehead atoms. The number of aldehydes is 1. The molecule has 3 heteroatoms. The number of allylic oxidation sites excluding steroid dienone is 1. The quantitative estimate of drug-likeness (QED) is 0.392. The molecule has 0 aliphatic rings. The Morgan fingerprint density at radius 3 is 2.70 bits per heavy atom. The Kier molecular flexibility index (Phi) is 4.20. The molecular formula is C7H9O3-. The maximum atomic E-state index is 9.97. The van der Waals surface area contributed by atoms with Crippen LogP contribution in [0.3, 0.4) is 0 Å². The van der Waals surface area contributed by atoms with E-state index in [4.69, 9.17) is 0 Å². The summed E-state index contributed by atoms with van der Waals surface area (Å²) in [6.45, 7) is 1.68. The topological polar surface area (TPSA) is 57.2 Å². The lowest BCUT2D eigenvalue weighted by molar-refractivity contribution is -0.304. The molecule has 0 aromatic rings. The van der Waals surface area contributed by atoms with Crippen molar-refractivity contribution in [2.45, 2.75) is 13.3 Å². The first-order chi connectivity index (χ1) is 4.66. The maximum absolute atomic E-state index is 9.97. The normalized spacial score (nSPS) is 13.3. The Labute approximate surface area is 59.4 Å². The van der Waals surface area contributed by atoms with E-state index in [-0.39, 0.29) is 12.3 Å². The molecule has 0 fully saturated rings. The van der Waals surface area contributed by atoms with Crippen LogP contribution in [0.1, 0.15) is 13.3 Å². The molecule has 0 radical (unpaired) electrons. The van der Waals surface area contributed by atoms with Crippen molar-refractivity contribution in [3.05, 3.63) is 12.2 Å². The van der Waals surface area contributed by atoms with Gasteiger partial charge in [0, 0.05) is 18.3 Å². The SMILES string of the molecule is CC(C=O)/C=C/CC(=O)[O-]. The van der Waals surface area contributed by atoms with E-state index in [9.17, 15) is 14.7 Å². The molecular weight excluding hydrogens is 132 g/mol. The average molecular weight is 141 g/mol. The lowest BCUT2D eigenvalue weighted by Crippen LogP contribution is -2.20.